The van der Waals surface area contributed by atoms with E-state index < -0.39 is 0 Å². The van der Waals surface area contributed by atoms with E-state index in [-0.39, 0.29) is 12.3 Å². The first-order valence-corrected chi connectivity index (χ1v) is 10.6. The zero-order valence-corrected chi connectivity index (χ0v) is 18.3. The summed E-state index contributed by atoms with van der Waals surface area (Å²) in [7, 11) is 0. The molecule has 3 aromatic carbocycles. The molecule has 6 heteroatoms. The lowest BCUT2D eigenvalue weighted by Gasteiger charge is -2.22. The lowest BCUT2D eigenvalue weighted by atomic mass is 10.1. The van der Waals surface area contributed by atoms with Crippen molar-refractivity contribution < 1.29 is 9.15 Å². The summed E-state index contributed by atoms with van der Waals surface area (Å²) in [4.78, 5) is 6.39. The Hall–Kier alpha value is -3.56. The van der Waals surface area contributed by atoms with E-state index in [0.29, 0.717) is 30.6 Å². The summed E-state index contributed by atoms with van der Waals surface area (Å²) in [5, 5.41) is 9.68. The van der Waals surface area contributed by atoms with E-state index in [0.717, 1.165) is 15.6 Å². The highest BCUT2D eigenvalue weighted by Crippen LogP contribution is 2.26. The first-order chi connectivity index (χ1) is 15.2. The van der Waals surface area contributed by atoms with Crippen molar-refractivity contribution in [2.24, 2.45) is 0 Å². The second-order valence-electron chi connectivity index (χ2n) is 6.94. The van der Waals surface area contributed by atoms with Crippen molar-refractivity contribution in [2.75, 3.05) is 4.90 Å². The van der Waals surface area contributed by atoms with Gasteiger partial charge in [-0.15, -0.1) is 0 Å². The smallest absolute Gasteiger partial charge is 0.236 e. The zero-order valence-electron chi connectivity index (χ0n) is 16.7. The molecule has 0 saturated carbocycles. The van der Waals surface area contributed by atoms with Crippen LogP contribution in [0.25, 0.3) is 0 Å². The normalized spacial score (nSPS) is 10.5. The van der Waals surface area contributed by atoms with Crippen molar-refractivity contribution in [2.45, 2.75) is 19.7 Å². The SMILES string of the molecule is N#Cc1nc(COc2ccc(Br)cc2)oc1N(Cc1ccccc1)Cc1ccccc1. The largest absolute Gasteiger partial charge is 0.484 e. The number of oxazole rings is 1. The van der Waals surface area contributed by atoms with E-state index in [1.807, 2.05) is 65.6 Å². The van der Waals surface area contributed by atoms with E-state index in [9.17, 15) is 5.26 Å². The second-order valence-corrected chi connectivity index (χ2v) is 7.86. The lowest BCUT2D eigenvalue weighted by molar-refractivity contribution is 0.263. The Morgan fingerprint density at radius 3 is 2.00 bits per heavy atom. The number of rotatable bonds is 8. The monoisotopic (exact) mass is 473 g/mol. The fourth-order valence-corrected chi connectivity index (χ4v) is 3.45. The molecule has 0 unspecified atom stereocenters. The molecule has 154 valence electrons. The van der Waals surface area contributed by atoms with E-state index >= 15 is 0 Å². The van der Waals surface area contributed by atoms with Crippen LogP contribution in [0.5, 0.6) is 5.75 Å². The summed E-state index contributed by atoms with van der Waals surface area (Å²) in [6, 6.07) is 29.9. The first-order valence-electron chi connectivity index (χ1n) is 9.82. The number of nitrogens with zero attached hydrogens (tertiary/aromatic N) is 3. The van der Waals surface area contributed by atoms with Gasteiger partial charge in [0.15, 0.2) is 6.61 Å². The molecule has 1 heterocycles. The van der Waals surface area contributed by atoms with Crippen molar-refractivity contribution in [3.63, 3.8) is 0 Å². The molecular formula is C25H20BrN3O2. The Kier molecular flexibility index (Phi) is 6.65. The molecule has 0 aliphatic rings. The maximum Gasteiger partial charge on any atom is 0.236 e. The van der Waals surface area contributed by atoms with Crippen LogP contribution in [-0.4, -0.2) is 4.98 Å². The molecule has 0 spiro atoms. The molecule has 0 aliphatic heterocycles. The van der Waals surface area contributed by atoms with Crippen LogP contribution in [0.3, 0.4) is 0 Å². The minimum atomic E-state index is 0.140. The number of anilines is 1. The van der Waals surface area contributed by atoms with Gasteiger partial charge in [-0.05, 0) is 35.4 Å². The molecule has 0 amide bonds. The highest BCUT2D eigenvalue weighted by molar-refractivity contribution is 9.10. The van der Waals surface area contributed by atoms with Gasteiger partial charge in [0.1, 0.15) is 11.8 Å². The van der Waals surface area contributed by atoms with Gasteiger partial charge in [-0.3, -0.25) is 0 Å². The minimum Gasteiger partial charge on any atom is -0.484 e. The number of halogens is 1. The Bertz CT molecular complexity index is 1110. The third-order valence-electron chi connectivity index (χ3n) is 4.66. The first kappa shape index (κ1) is 20.7. The predicted octanol–water partition coefficient (Wildman–Crippen LogP) is 6.09. The summed E-state index contributed by atoms with van der Waals surface area (Å²) in [5.74, 6) is 1.51. The zero-order chi connectivity index (χ0) is 21.5. The number of ether oxygens (including phenoxy) is 1. The van der Waals surface area contributed by atoms with Crippen molar-refractivity contribution in [3.05, 3.63) is 112 Å². The lowest BCUT2D eigenvalue weighted by Crippen LogP contribution is -2.22. The van der Waals surface area contributed by atoms with Crippen LogP contribution in [0.15, 0.2) is 93.8 Å². The number of nitriles is 1. The molecule has 5 nitrogen and oxygen atoms in total. The third kappa shape index (κ3) is 5.53. The van der Waals surface area contributed by atoms with Crippen LogP contribution >= 0.6 is 15.9 Å². The number of aromatic nitrogens is 1. The van der Waals surface area contributed by atoms with Gasteiger partial charge in [0, 0.05) is 17.6 Å². The molecule has 0 N–H and O–H groups in total. The fraction of sp³-hybridized carbons (Fsp3) is 0.120. The van der Waals surface area contributed by atoms with E-state index in [2.05, 4.69) is 51.2 Å². The van der Waals surface area contributed by atoms with Gasteiger partial charge in [0.25, 0.3) is 0 Å². The Labute approximate surface area is 189 Å². The van der Waals surface area contributed by atoms with Gasteiger partial charge in [0.2, 0.25) is 17.5 Å². The van der Waals surface area contributed by atoms with Gasteiger partial charge in [-0.1, -0.05) is 76.6 Å². The van der Waals surface area contributed by atoms with Crippen molar-refractivity contribution >= 4 is 21.8 Å². The molecule has 0 atom stereocenters. The third-order valence-corrected chi connectivity index (χ3v) is 5.18. The highest BCUT2D eigenvalue weighted by atomic mass is 79.9. The van der Waals surface area contributed by atoms with Gasteiger partial charge in [-0.2, -0.15) is 10.2 Å². The van der Waals surface area contributed by atoms with Gasteiger partial charge in [0.05, 0.1) is 0 Å². The van der Waals surface area contributed by atoms with Crippen LogP contribution in [0.4, 0.5) is 5.88 Å². The molecule has 0 bridgehead atoms. The number of hydrogen-bond acceptors (Lipinski definition) is 5. The average molecular weight is 474 g/mol. The summed E-state index contributed by atoms with van der Waals surface area (Å²) in [6.07, 6.45) is 0. The van der Waals surface area contributed by atoms with Gasteiger partial charge in [-0.25, -0.2) is 0 Å². The standard InChI is InChI=1S/C25H20BrN3O2/c26-21-11-13-22(14-12-21)30-18-24-28-23(15-27)25(31-24)29(16-19-7-3-1-4-8-19)17-20-9-5-2-6-10-20/h1-14H,16-18H2. The quantitative estimate of drug-likeness (QED) is 0.309. The summed E-state index contributed by atoms with van der Waals surface area (Å²) >= 11 is 3.41. The Morgan fingerprint density at radius 2 is 1.45 bits per heavy atom. The van der Waals surface area contributed by atoms with Crippen molar-refractivity contribution in [3.8, 4) is 11.8 Å². The Balaban J connectivity index is 1.58. The average Bonchev–Trinajstić information content (AvgIpc) is 3.23. The maximum absolute atomic E-state index is 9.68. The maximum atomic E-state index is 9.68. The molecule has 0 saturated heterocycles. The van der Waals surface area contributed by atoms with Crippen LogP contribution < -0.4 is 9.64 Å². The summed E-state index contributed by atoms with van der Waals surface area (Å²) in [5.41, 5.74) is 2.49. The summed E-state index contributed by atoms with van der Waals surface area (Å²) in [6.45, 7) is 1.32. The number of benzene rings is 3. The van der Waals surface area contributed by atoms with Crippen molar-refractivity contribution in [1.82, 2.24) is 4.98 Å². The van der Waals surface area contributed by atoms with E-state index in [1.165, 1.54) is 0 Å². The molecule has 0 radical (unpaired) electrons. The topological polar surface area (TPSA) is 62.3 Å². The molecular weight excluding hydrogens is 454 g/mol. The molecule has 0 aliphatic carbocycles. The molecule has 31 heavy (non-hydrogen) atoms. The van der Waals surface area contributed by atoms with E-state index in [4.69, 9.17) is 9.15 Å². The summed E-state index contributed by atoms with van der Waals surface area (Å²) < 4.78 is 12.8. The van der Waals surface area contributed by atoms with Crippen LogP contribution in [0, 0.1) is 11.3 Å². The van der Waals surface area contributed by atoms with Crippen LogP contribution in [0.2, 0.25) is 0 Å². The minimum absolute atomic E-state index is 0.140. The fourth-order valence-electron chi connectivity index (χ4n) is 3.19. The van der Waals surface area contributed by atoms with Gasteiger partial charge >= 0.3 is 0 Å². The van der Waals surface area contributed by atoms with Gasteiger partial charge < -0.3 is 14.1 Å². The predicted molar refractivity (Wildman–Crippen MR) is 122 cm³/mol. The molecule has 0 fully saturated rings. The molecule has 1 aromatic heterocycles. The molecule has 4 aromatic rings. The Morgan fingerprint density at radius 1 is 0.871 bits per heavy atom. The number of hydrogen-bond donors (Lipinski definition) is 0. The second kappa shape index (κ2) is 9.96. The van der Waals surface area contributed by atoms with Crippen LogP contribution in [0.1, 0.15) is 22.7 Å². The van der Waals surface area contributed by atoms with E-state index in [1.54, 1.807) is 0 Å². The van der Waals surface area contributed by atoms with Crippen molar-refractivity contribution in [1.29, 1.82) is 5.26 Å². The molecule has 4 rings (SSSR count). The van der Waals surface area contributed by atoms with Crippen LogP contribution in [-0.2, 0) is 19.7 Å². The highest BCUT2D eigenvalue weighted by Gasteiger charge is 2.21.